The van der Waals surface area contributed by atoms with Crippen molar-refractivity contribution in [3.8, 4) is 0 Å². The van der Waals surface area contributed by atoms with Gasteiger partial charge < -0.3 is 15.0 Å². The molecular weight excluding hydrogens is 294 g/mol. The second kappa shape index (κ2) is 6.07. The zero-order chi connectivity index (χ0) is 15.6. The Kier molecular flexibility index (Phi) is 4.58. The Morgan fingerprint density at radius 1 is 1.52 bits per heavy atom. The molecule has 1 atom stereocenters. The lowest BCUT2D eigenvalue weighted by Crippen LogP contribution is -2.40. The van der Waals surface area contributed by atoms with E-state index in [1.807, 2.05) is 0 Å². The fourth-order valence-electron chi connectivity index (χ4n) is 2.52. The number of aryl methyl sites for hydroxylation is 1. The number of nitrogen functional groups attached to an aromatic ring is 1. The minimum Gasteiger partial charge on any atom is -0.461 e. The topological polar surface area (TPSA) is 94.6 Å². The number of esters is 1. The predicted molar refractivity (Wildman–Crippen MR) is 79.2 cm³/mol. The van der Waals surface area contributed by atoms with Crippen molar-refractivity contribution in [2.75, 3.05) is 31.7 Å². The first-order valence-corrected chi connectivity index (χ1v) is 8.66. The molecule has 1 aliphatic rings. The third-order valence-corrected chi connectivity index (χ3v) is 4.91. The average molecular weight is 315 g/mol. The number of ether oxygens (including phenoxy) is 1. The van der Waals surface area contributed by atoms with Crippen molar-refractivity contribution in [2.45, 2.75) is 12.8 Å². The molecule has 0 spiro atoms. The maximum atomic E-state index is 12.0. The molecule has 21 heavy (non-hydrogen) atoms. The second-order valence-electron chi connectivity index (χ2n) is 5.50. The summed E-state index contributed by atoms with van der Waals surface area (Å²) in [5.74, 6) is -0.402. The number of hydrogen-bond donors (Lipinski definition) is 1. The maximum Gasteiger partial charge on any atom is 0.355 e. The van der Waals surface area contributed by atoms with Crippen molar-refractivity contribution in [1.82, 2.24) is 8.87 Å². The summed E-state index contributed by atoms with van der Waals surface area (Å²) in [6.45, 7) is 1.16. The molecule has 1 unspecified atom stereocenters. The van der Waals surface area contributed by atoms with Gasteiger partial charge in [0.2, 0.25) is 10.0 Å². The van der Waals surface area contributed by atoms with E-state index in [-0.39, 0.29) is 12.5 Å². The fourth-order valence-corrected chi connectivity index (χ4v) is 3.47. The Bertz CT molecular complexity index is 623. The van der Waals surface area contributed by atoms with E-state index in [0.29, 0.717) is 24.5 Å². The number of nitrogens with two attached hydrogens (primary N) is 1. The van der Waals surface area contributed by atoms with Crippen molar-refractivity contribution in [2.24, 2.45) is 13.0 Å². The van der Waals surface area contributed by atoms with Crippen molar-refractivity contribution in [1.29, 1.82) is 0 Å². The summed E-state index contributed by atoms with van der Waals surface area (Å²) >= 11 is 0. The van der Waals surface area contributed by atoms with Crippen molar-refractivity contribution < 1.29 is 17.9 Å². The Morgan fingerprint density at radius 2 is 2.24 bits per heavy atom. The highest BCUT2D eigenvalue weighted by Crippen LogP contribution is 2.19. The van der Waals surface area contributed by atoms with Gasteiger partial charge in [0.1, 0.15) is 5.69 Å². The molecule has 0 aromatic carbocycles. The van der Waals surface area contributed by atoms with Crippen molar-refractivity contribution >= 4 is 21.7 Å². The molecule has 2 heterocycles. The Morgan fingerprint density at radius 3 is 2.81 bits per heavy atom. The van der Waals surface area contributed by atoms with Gasteiger partial charge >= 0.3 is 5.97 Å². The molecule has 8 heteroatoms. The number of piperidine rings is 1. The lowest BCUT2D eigenvalue weighted by molar-refractivity contribution is 0.0386. The van der Waals surface area contributed by atoms with Gasteiger partial charge in [-0.25, -0.2) is 17.5 Å². The largest absolute Gasteiger partial charge is 0.461 e. The standard InChI is InChI=1S/C13H21N3O4S/c1-15-8-11(14)6-12(15)13(17)20-9-10-4-3-5-16(7-10)21(2,18)19/h6,8,10H,3-5,7,9,14H2,1-2H3. The Balaban J connectivity index is 1.91. The van der Waals surface area contributed by atoms with Crippen LogP contribution in [0.25, 0.3) is 0 Å². The first-order valence-electron chi connectivity index (χ1n) is 6.81. The van der Waals surface area contributed by atoms with Gasteiger partial charge in [0.15, 0.2) is 0 Å². The molecule has 0 saturated carbocycles. The molecule has 1 fully saturated rings. The zero-order valence-electron chi connectivity index (χ0n) is 12.3. The van der Waals surface area contributed by atoms with Crippen molar-refractivity contribution in [3.63, 3.8) is 0 Å². The van der Waals surface area contributed by atoms with E-state index < -0.39 is 16.0 Å². The molecule has 1 saturated heterocycles. The normalized spacial score (nSPS) is 20.4. The van der Waals surface area contributed by atoms with Crippen LogP contribution >= 0.6 is 0 Å². The molecule has 0 amide bonds. The van der Waals surface area contributed by atoms with Crippen LogP contribution in [0.1, 0.15) is 23.3 Å². The van der Waals surface area contributed by atoms with Gasteiger partial charge in [-0.3, -0.25) is 0 Å². The number of carbonyl (C=O) groups excluding carboxylic acids is 1. The zero-order valence-corrected chi connectivity index (χ0v) is 13.1. The highest BCUT2D eigenvalue weighted by atomic mass is 32.2. The molecular formula is C13H21N3O4S. The molecule has 1 aromatic rings. The van der Waals surface area contributed by atoms with E-state index in [4.69, 9.17) is 10.5 Å². The van der Waals surface area contributed by atoms with E-state index >= 15 is 0 Å². The monoisotopic (exact) mass is 315 g/mol. The quantitative estimate of drug-likeness (QED) is 0.813. The van der Waals surface area contributed by atoms with Gasteiger partial charge in [0.05, 0.1) is 18.6 Å². The lowest BCUT2D eigenvalue weighted by Gasteiger charge is -2.30. The maximum absolute atomic E-state index is 12.0. The van der Waals surface area contributed by atoms with Crippen LogP contribution in [0.2, 0.25) is 0 Å². The van der Waals surface area contributed by atoms with E-state index in [9.17, 15) is 13.2 Å². The van der Waals surface area contributed by atoms with Gasteiger partial charge in [0, 0.05) is 32.3 Å². The number of hydrogen-bond acceptors (Lipinski definition) is 5. The van der Waals surface area contributed by atoms with Crippen LogP contribution in [0.3, 0.4) is 0 Å². The SMILES string of the molecule is Cn1cc(N)cc1C(=O)OCC1CCCN(S(C)(=O)=O)C1. The summed E-state index contributed by atoms with van der Waals surface area (Å²) in [4.78, 5) is 12.0. The molecule has 1 aromatic heterocycles. The first-order chi connectivity index (χ1) is 9.77. The van der Waals surface area contributed by atoms with E-state index in [0.717, 1.165) is 12.8 Å². The van der Waals surface area contributed by atoms with Gasteiger partial charge in [-0.2, -0.15) is 0 Å². The molecule has 0 aliphatic carbocycles. The van der Waals surface area contributed by atoms with E-state index in [1.54, 1.807) is 23.9 Å². The van der Waals surface area contributed by atoms with Crippen LogP contribution in [-0.4, -0.2) is 49.2 Å². The smallest absolute Gasteiger partial charge is 0.355 e. The van der Waals surface area contributed by atoms with E-state index in [2.05, 4.69) is 0 Å². The van der Waals surface area contributed by atoms with Crippen LogP contribution < -0.4 is 5.73 Å². The highest BCUT2D eigenvalue weighted by molar-refractivity contribution is 7.88. The number of sulfonamides is 1. The number of aromatic nitrogens is 1. The molecule has 118 valence electrons. The summed E-state index contributed by atoms with van der Waals surface area (Å²) in [6, 6.07) is 1.56. The van der Waals surface area contributed by atoms with Gasteiger partial charge in [-0.1, -0.05) is 0 Å². The van der Waals surface area contributed by atoms with Gasteiger partial charge in [0.25, 0.3) is 0 Å². The highest BCUT2D eigenvalue weighted by Gasteiger charge is 2.27. The Labute approximate surface area is 124 Å². The third-order valence-electron chi connectivity index (χ3n) is 3.64. The van der Waals surface area contributed by atoms with Crippen LogP contribution in [0.5, 0.6) is 0 Å². The molecule has 0 radical (unpaired) electrons. The summed E-state index contributed by atoms with van der Waals surface area (Å²) in [5.41, 5.74) is 6.52. The average Bonchev–Trinajstić information content (AvgIpc) is 2.74. The molecule has 2 rings (SSSR count). The number of nitrogens with zero attached hydrogens (tertiary/aromatic N) is 2. The lowest BCUT2D eigenvalue weighted by atomic mass is 10.0. The summed E-state index contributed by atoms with van der Waals surface area (Å²) < 4.78 is 31.4. The molecule has 7 nitrogen and oxygen atoms in total. The van der Waals surface area contributed by atoms with Gasteiger partial charge in [-0.05, 0) is 18.9 Å². The molecule has 0 bridgehead atoms. The first kappa shape index (κ1) is 15.8. The van der Waals surface area contributed by atoms with E-state index in [1.165, 1.54) is 10.6 Å². The van der Waals surface area contributed by atoms with Crippen molar-refractivity contribution in [3.05, 3.63) is 18.0 Å². The summed E-state index contributed by atoms with van der Waals surface area (Å²) in [6.07, 6.45) is 4.48. The number of carbonyl (C=O) groups is 1. The van der Waals surface area contributed by atoms with Gasteiger partial charge in [-0.15, -0.1) is 0 Å². The van der Waals surface area contributed by atoms with Crippen LogP contribution in [0.15, 0.2) is 12.3 Å². The fraction of sp³-hybridized carbons (Fsp3) is 0.615. The minimum absolute atomic E-state index is 0.0371. The summed E-state index contributed by atoms with van der Waals surface area (Å²) in [7, 11) is -1.46. The third kappa shape index (κ3) is 3.98. The second-order valence-corrected chi connectivity index (χ2v) is 7.48. The number of rotatable bonds is 4. The predicted octanol–water partition coefficient (Wildman–Crippen LogP) is 0.436. The van der Waals surface area contributed by atoms with Crippen LogP contribution in [0.4, 0.5) is 5.69 Å². The molecule has 1 aliphatic heterocycles. The Hall–Kier alpha value is -1.54. The van der Waals surface area contributed by atoms with Crippen LogP contribution in [0, 0.1) is 5.92 Å². The number of anilines is 1. The minimum atomic E-state index is -3.18. The van der Waals surface area contributed by atoms with Crippen LogP contribution in [-0.2, 0) is 21.8 Å². The molecule has 2 N–H and O–H groups in total. The summed E-state index contributed by atoms with van der Waals surface area (Å²) in [5, 5.41) is 0.